The molecule has 1 aliphatic carbocycles. The zero-order valence-corrected chi connectivity index (χ0v) is 12.7. The summed E-state index contributed by atoms with van der Waals surface area (Å²) in [5.74, 6) is 0. The summed E-state index contributed by atoms with van der Waals surface area (Å²) in [7, 11) is 1.85. The number of benzene rings is 1. The first-order valence-corrected chi connectivity index (χ1v) is 7.50. The Hall–Kier alpha value is -1.30. The molecular formula is C15H19F3N2S. The summed E-state index contributed by atoms with van der Waals surface area (Å²) in [6.45, 7) is 0. The van der Waals surface area contributed by atoms with E-state index in [1.807, 2.05) is 11.9 Å². The number of hydrogen-bond acceptors (Lipinski definition) is 1. The third-order valence-electron chi connectivity index (χ3n) is 3.92. The number of hydrogen-bond donors (Lipinski definition) is 1. The minimum absolute atomic E-state index is 0.0117. The van der Waals surface area contributed by atoms with Gasteiger partial charge in [0.2, 0.25) is 0 Å². The van der Waals surface area contributed by atoms with Gasteiger partial charge in [-0.2, -0.15) is 13.2 Å². The Kier molecular flexibility index (Phi) is 5.08. The highest BCUT2D eigenvalue weighted by atomic mass is 32.1. The van der Waals surface area contributed by atoms with Crippen molar-refractivity contribution in [3.8, 4) is 0 Å². The summed E-state index contributed by atoms with van der Waals surface area (Å²) in [6, 6.07) is 5.73. The monoisotopic (exact) mass is 316 g/mol. The molecule has 1 N–H and O–H groups in total. The maximum absolute atomic E-state index is 13.0. The minimum Gasteiger partial charge on any atom is -0.349 e. The molecule has 0 aliphatic heterocycles. The highest BCUT2D eigenvalue weighted by molar-refractivity contribution is 7.80. The van der Waals surface area contributed by atoms with E-state index in [0.29, 0.717) is 11.2 Å². The summed E-state index contributed by atoms with van der Waals surface area (Å²) in [6.07, 6.45) is 1.22. The molecule has 0 heterocycles. The fourth-order valence-electron chi connectivity index (χ4n) is 2.68. The topological polar surface area (TPSA) is 15.3 Å². The van der Waals surface area contributed by atoms with Crippen LogP contribution in [0.2, 0.25) is 0 Å². The van der Waals surface area contributed by atoms with Crippen LogP contribution in [0, 0.1) is 0 Å². The number of para-hydroxylation sites is 1. The van der Waals surface area contributed by atoms with Crippen molar-refractivity contribution in [3.05, 3.63) is 29.8 Å². The summed E-state index contributed by atoms with van der Waals surface area (Å²) in [5.41, 5.74) is -0.679. The average Bonchev–Trinajstić information content (AvgIpc) is 2.47. The van der Waals surface area contributed by atoms with Gasteiger partial charge in [-0.05, 0) is 37.2 Å². The van der Waals surface area contributed by atoms with Crippen molar-refractivity contribution < 1.29 is 13.2 Å². The normalized spacial score (nSPS) is 16.6. The molecule has 0 atom stereocenters. The Morgan fingerprint density at radius 3 is 2.43 bits per heavy atom. The van der Waals surface area contributed by atoms with E-state index in [1.54, 1.807) is 6.07 Å². The van der Waals surface area contributed by atoms with Gasteiger partial charge in [0, 0.05) is 13.1 Å². The van der Waals surface area contributed by atoms with Crippen LogP contribution in [0.3, 0.4) is 0 Å². The van der Waals surface area contributed by atoms with Gasteiger partial charge in [-0.3, -0.25) is 0 Å². The Balaban J connectivity index is 2.09. The van der Waals surface area contributed by atoms with Gasteiger partial charge in [-0.25, -0.2) is 0 Å². The Bertz CT molecular complexity index is 496. The molecule has 0 saturated heterocycles. The van der Waals surface area contributed by atoms with Crippen LogP contribution in [0.1, 0.15) is 37.7 Å². The van der Waals surface area contributed by atoms with Gasteiger partial charge in [0.05, 0.1) is 11.3 Å². The van der Waals surface area contributed by atoms with Gasteiger partial charge in [-0.15, -0.1) is 0 Å². The maximum atomic E-state index is 13.0. The number of alkyl halides is 3. The van der Waals surface area contributed by atoms with Crippen molar-refractivity contribution in [1.82, 2.24) is 4.90 Å². The third-order valence-corrected chi connectivity index (χ3v) is 4.31. The molecule has 1 fully saturated rings. The Morgan fingerprint density at radius 1 is 1.19 bits per heavy atom. The first-order valence-electron chi connectivity index (χ1n) is 7.09. The van der Waals surface area contributed by atoms with E-state index in [9.17, 15) is 13.2 Å². The number of thiocarbonyl (C=S) groups is 1. The first kappa shape index (κ1) is 16.1. The molecule has 0 spiro atoms. The zero-order valence-electron chi connectivity index (χ0n) is 11.9. The molecule has 21 heavy (non-hydrogen) atoms. The van der Waals surface area contributed by atoms with Gasteiger partial charge in [0.15, 0.2) is 5.11 Å². The van der Waals surface area contributed by atoms with Gasteiger partial charge in [0.25, 0.3) is 0 Å². The Morgan fingerprint density at radius 2 is 1.81 bits per heavy atom. The quantitative estimate of drug-likeness (QED) is 0.798. The van der Waals surface area contributed by atoms with Crippen molar-refractivity contribution in [2.75, 3.05) is 12.4 Å². The lowest BCUT2D eigenvalue weighted by Crippen LogP contribution is -2.41. The standard InChI is InChI=1S/C15H19F3N2S/c1-20(11-7-3-2-4-8-11)14(21)19-13-10-6-5-9-12(13)15(16,17)18/h5-6,9-11H,2-4,7-8H2,1H3,(H,19,21). The molecule has 6 heteroatoms. The van der Waals surface area contributed by atoms with Crippen LogP contribution in [0.25, 0.3) is 0 Å². The molecule has 1 saturated carbocycles. The lowest BCUT2D eigenvalue weighted by atomic mass is 9.95. The van der Waals surface area contributed by atoms with Crippen molar-refractivity contribution in [3.63, 3.8) is 0 Å². The molecule has 1 aliphatic rings. The van der Waals surface area contributed by atoms with Crippen LogP contribution in [0.15, 0.2) is 24.3 Å². The van der Waals surface area contributed by atoms with Gasteiger partial charge in [-0.1, -0.05) is 31.4 Å². The van der Waals surface area contributed by atoms with Crippen LogP contribution >= 0.6 is 12.2 Å². The summed E-state index contributed by atoms with van der Waals surface area (Å²) >= 11 is 5.27. The predicted octanol–water partition coefficient (Wildman–Crippen LogP) is 4.67. The minimum atomic E-state index is -4.39. The number of halogens is 3. The van der Waals surface area contributed by atoms with Crippen molar-refractivity contribution >= 4 is 23.0 Å². The van der Waals surface area contributed by atoms with E-state index in [4.69, 9.17) is 12.2 Å². The van der Waals surface area contributed by atoms with Crippen LogP contribution in [0.5, 0.6) is 0 Å². The van der Waals surface area contributed by atoms with Gasteiger partial charge >= 0.3 is 6.18 Å². The number of nitrogens with zero attached hydrogens (tertiary/aromatic N) is 1. The average molecular weight is 316 g/mol. The van der Waals surface area contributed by atoms with Crippen LogP contribution < -0.4 is 5.32 Å². The zero-order chi connectivity index (χ0) is 15.5. The van der Waals surface area contributed by atoms with Crippen molar-refractivity contribution in [2.24, 2.45) is 0 Å². The molecule has 116 valence electrons. The molecule has 1 aromatic rings. The van der Waals surface area contributed by atoms with E-state index in [1.165, 1.54) is 18.6 Å². The molecule has 2 nitrogen and oxygen atoms in total. The highest BCUT2D eigenvalue weighted by Crippen LogP contribution is 2.34. The molecule has 1 aromatic carbocycles. The van der Waals surface area contributed by atoms with Crippen LogP contribution in [0.4, 0.5) is 18.9 Å². The smallest absolute Gasteiger partial charge is 0.349 e. The maximum Gasteiger partial charge on any atom is 0.418 e. The molecule has 0 amide bonds. The number of nitrogens with one attached hydrogen (secondary N) is 1. The SMILES string of the molecule is CN(C(=S)Nc1ccccc1C(F)(F)F)C1CCCCC1. The van der Waals surface area contributed by atoms with E-state index in [0.717, 1.165) is 31.7 Å². The van der Waals surface area contributed by atoms with Crippen molar-refractivity contribution in [1.29, 1.82) is 0 Å². The summed E-state index contributed by atoms with van der Waals surface area (Å²) in [5, 5.41) is 3.10. The highest BCUT2D eigenvalue weighted by Gasteiger charge is 2.33. The second-order valence-corrected chi connectivity index (χ2v) is 5.76. The Labute approximate surface area is 128 Å². The van der Waals surface area contributed by atoms with Crippen LogP contribution in [-0.4, -0.2) is 23.1 Å². The number of anilines is 1. The van der Waals surface area contributed by atoms with Crippen LogP contribution in [-0.2, 0) is 6.18 Å². The predicted molar refractivity (Wildman–Crippen MR) is 82.3 cm³/mol. The lowest BCUT2D eigenvalue weighted by molar-refractivity contribution is -0.136. The molecule has 0 unspecified atom stereocenters. The molecule has 2 rings (SSSR count). The molecule has 0 bridgehead atoms. The van der Waals surface area contributed by atoms with E-state index < -0.39 is 11.7 Å². The van der Waals surface area contributed by atoms with Gasteiger partial charge < -0.3 is 10.2 Å². The largest absolute Gasteiger partial charge is 0.418 e. The van der Waals surface area contributed by atoms with E-state index in [-0.39, 0.29) is 5.69 Å². The van der Waals surface area contributed by atoms with Gasteiger partial charge in [0.1, 0.15) is 0 Å². The fourth-order valence-corrected chi connectivity index (χ4v) is 2.94. The fraction of sp³-hybridized carbons (Fsp3) is 0.533. The molecular weight excluding hydrogens is 297 g/mol. The summed E-state index contributed by atoms with van der Waals surface area (Å²) in [4.78, 5) is 1.89. The molecule has 0 aromatic heterocycles. The van der Waals surface area contributed by atoms with Crippen molar-refractivity contribution in [2.45, 2.75) is 44.3 Å². The summed E-state index contributed by atoms with van der Waals surface area (Å²) < 4.78 is 38.9. The van der Waals surface area contributed by atoms with E-state index >= 15 is 0 Å². The second kappa shape index (κ2) is 6.64. The van der Waals surface area contributed by atoms with E-state index in [2.05, 4.69) is 5.32 Å². The lowest BCUT2D eigenvalue weighted by Gasteiger charge is -2.33. The third kappa shape index (κ3) is 4.09. The first-order chi connectivity index (χ1) is 9.89. The number of rotatable bonds is 2. The molecule has 0 radical (unpaired) electrons. The second-order valence-electron chi connectivity index (χ2n) is 5.38.